The van der Waals surface area contributed by atoms with Crippen LogP contribution in [0.4, 0.5) is 5.95 Å². The second-order valence-electron chi connectivity index (χ2n) is 2.55. The third-order valence-electron chi connectivity index (χ3n) is 1.63. The molecule has 0 aliphatic rings. The van der Waals surface area contributed by atoms with Crippen LogP contribution in [0.5, 0.6) is 0 Å². The summed E-state index contributed by atoms with van der Waals surface area (Å²) in [4.78, 5) is 17.6. The predicted octanol–water partition coefficient (Wildman–Crippen LogP) is -0.838. The lowest BCUT2D eigenvalue weighted by Crippen LogP contribution is -2.20. The van der Waals surface area contributed by atoms with Gasteiger partial charge in [0.15, 0.2) is 0 Å². The minimum absolute atomic E-state index is 0.151. The Morgan fingerprint density at radius 2 is 2.25 bits per heavy atom. The second kappa shape index (κ2) is 3.36. The van der Waals surface area contributed by atoms with Gasteiger partial charge >= 0.3 is 0 Å². The first-order valence-corrected chi connectivity index (χ1v) is 3.70. The molecule has 5 heteroatoms. The quantitative estimate of drug-likeness (QED) is 0.536. The molecule has 0 aromatic carbocycles. The predicted molar refractivity (Wildman–Crippen MR) is 46.8 cm³/mol. The van der Waals surface area contributed by atoms with Gasteiger partial charge in [-0.25, -0.2) is 4.98 Å². The van der Waals surface area contributed by atoms with Gasteiger partial charge in [0.2, 0.25) is 5.95 Å². The van der Waals surface area contributed by atoms with Crippen LogP contribution in [0, 0.1) is 6.92 Å². The van der Waals surface area contributed by atoms with E-state index in [1.54, 1.807) is 6.92 Å². The third kappa shape index (κ3) is 1.62. The van der Waals surface area contributed by atoms with Crippen LogP contribution in [0.25, 0.3) is 0 Å². The van der Waals surface area contributed by atoms with Gasteiger partial charge in [-0.05, 0) is 19.9 Å². The summed E-state index contributed by atoms with van der Waals surface area (Å²) in [6, 6.07) is 0. The van der Waals surface area contributed by atoms with E-state index in [9.17, 15) is 4.79 Å². The van der Waals surface area contributed by atoms with E-state index in [-0.39, 0.29) is 11.5 Å². The number of aromatic amines is 1. The highest BCUT2D eigenvalue weighted by molar-refractivity contribution is 5.24. The van der Waals surface area contributed by atoms with Gasteiger partial charge in [0.25, 0.3) is 5.56 Å². The number of aromatic nitrogens is 2. The van der Waals surface area contributed by atoms with Crippen LogP contribution in [0.1, 0.15) is 11.3 Å². The number of anilines is 1. The van der Waals surface area contributed by atoms with Crippen molar-refractivity contribution >= 4 is 5.95 Å². The fourth-order valence-electron chi connectivity index (χ4n) is 1.07. The molecule has 0 amide bonds. The Morgan fingerprint density at radius 3 is 2.75 bits per heavy atom. The lowest BCUT2D eigenvalue weighted by molar-refractivity contribution is 0.903. The summed E-state index contributed by atoms with van der Waals surface area (Å²) in [5.74, 6) is 0.151. The maximum absolute atomic E-state index is 11.2. The van der Waals surface area contributed by atoms with Crippen LogP contribution in [0.15, 0.2) is 4.79 Å². The van der Waals surface area contributed by atoms with Crippen molar-refractivity contribution in [3.05, 3.63) is 21.6 Å². The van der Waals surface area contributed by atoms with Crippen molar-refractivity contribution in [2.24, 2.45) is 5.73 Å². The zero-order chi connectivity index (χ0) is 9.14. The first kappa shape index (κ1) is 8.73. The summed E-state index contributed by atoms with van der Waals surface area (Å²) in [7, 11) is 0. The van der Waals surface area contributed by atoms with Crippen LogP contribution in [-0.2, 0) is 6.42 Å². The molecule has 0 spiro atoms. The average molecular weight is 168 g/mol. The highest BCUT2D eigenvalue weighted by Gasteiger charge is 2.04. The standard InChI is InChI=1S/C7H12N4O/c1-4-5(2-3-8)6(12)11-7(9)10-4/h2-3,8H2,1H3,(H3,9,10,11,12). The van der Waals surface area contributed by atoms with Crippen molar-refractivity contribution in [3.63, 3.8) is 0 Å². The Balaban J connectivity index is 3.19. The van der Waals surface area contributed by atoms with Crippen molar-refractivity contribution in [3.8, 4) is 0 Å². The summed E-state index contributed by atoms with van der Waals surface area (Å²) < 4.78 is 0. The molecule has 1 aromatic rings. The molecule has 0 aliphatic heterocycles. The number of nitrogens with one attached hydrogen (secondary N) is 1. The van der Waals surface area contributed by atoms with Gasteiger partial charge < -0.3 is 11.5 Å². The lowest BCUT2D eigenvalue weighted by Gasteiger charge is -2.02. The number of hydrogen-bond acceptors (Lipinski definition) is 4. The summed E-state index contributed by atoms with van der Waals surface area (Å²) in [5, 5.41) is 0. The molecule has 0 bridgehead atoms. The summed E-state index contributed by atoms with van der Waals surface area (Å²) in [5.41, 5.74) is 11.7. The van der Waals surface area contributed by atoms with Crippen molar-refractivity contribution < 1.29 is 0 Å². The molecule has 1 rings (SSSR count). The Morgan fingerprint density at radius 1 is 1.58 bits per heavy atom. The van der Waals surface area contributed by atoms with E-state index in [0.29, 0.717) is 24.2 Å². The van der Waals surface area contributed by atoms with Crippen molar-refractivity contribution in [2.45, 2.75) is 13.3 Å². The van der Waals surface area contributed by atoms with Crippen LogP contribution in [0.2, 0.25) is 0 Å². The van der Waals surface area contributed by atoms with Crippen molar-refractivity contribution in [1.82, 2.24) is 9.97 Å². The van der Waals surface area contributed by atoms with Gasteiger partial charge in [0, 0.05) is 11.3 Å². The Kier molecular flexibility index (Phi) is 2.44. The molecule has 0 radical (unpaired) electrons. The van der Waals surface area contributed by atoms with Crippen molar-refractivity contribution in [1.29, 1.82) is 0 Å². The smallest absolute Gasteiger partial charge is 0.255 e. The van der Waals surface area contributed by atoms with Gasteiger partial charge in [-0.15, -0.1) is 0 Å². The van der Waals surface area contributed by atoms with Gasteiger partial charge in [-0.1, -0.05) is 0 Å². The van der Waals surface area contributed by atoms with Gasteiger partial charge in [-0.3, -0.25) is 9.78 Å². The van der Waals surface area contributed by atoms with E-state index >= 15 is 0 Å². The molecule has 0 atom stereocenters. The highest BCUT2D eigenvalue weighted by atomic mass is 16.1. The monoisotopic (exact) mass is 168 g/mol. The molecule has 5 nitrogen and oxygen atoms in total. The molecule has 0 unspecified atom stereocenters. The minimum atomic E-state index is -0.189. The molecular weight excluding hydrogens is 156 g/mol. The first-order chi connectivity index (χ1) is 5.65. The zero-order valence-electron chi connectivity index (χ0n) is 6.92. The zero-order valence-corrected chi connectivity index (χ0v) is 6.92. The van der Waals surface area contributed by atoms with Gasteiger partial charge in [-0.2, -0.15) is 0 Å². The van der Waals surface area contributed by atoms with Crippen LogP contribution in [-0.4, -0.2) is 16.5 Å². The molecule has 0 aliphatic carbocycles. The average Bonchev–Trinajstić information content (AvgIpc) is 1.96. The molecule has 66 valence electrons. The topological polar surface area (TPSA) is 97.8 Å². The third-order valence-corrected chi connectivity index (χ3v) is 1.63. The highest BCUT2D eigenvalue weighted by Crippen LogP contribution is 1.99. The molecule has 1 heterocycles. The Bertz CT molecular complexity index is 331. The molecule has 12 heavy (non-hydrogen) atoms. The lowest BCUT2D eigenvalue weighted by atomic mass is 10.2. The number of rotatable bonds is 2. The first-order valence-electron chi connectivity index (χ1n) is 3.70. The van der Waals surface area contributed by atoms with E-state index in [4.69, 9.17) is 11.5 Å². The maximum atomic E-state index is 11.2. The molecule has 5 N–H and O–H groups in total. The SMILES string of the molecule is Cc1nc(N)[nH]c(=O)c1CCN. The number of aryl methyl sites for hydroxylation is 1. The van der Waals surface area contributed by atoms with E-state index in [1.165, 1.54) is 0 Å². The number of hydrogen-bond donors (Lipinski definition) is 3. The Hall–Kier alpha value is -1.36. The van der Waals surface area contributed by atoms with E-state index < -0.39 is 0 Å². The maximum Gasteiger partial charge on any atom is 0.255 e. The molecule has 0 fully saturated rings. The van der Waals surface area contributed by atoms with E-state index in [2.05, 4.69) is 9.97 Å². The summed E-state index contributed by atoms with van der Waals surface area (Å²) in [6.45, 7) is 2.19. The molecule has 0 saturated heterocycles. The number of nitrogens with two attached hydrogens (primary N) is 2. The fraction of sp³-hybridized carbons (Fsp3) is 0.429. The second-order valence-corrected chi connectivity index (χ2v) is 2.55. The minimum Gasteiger partial charge on any atom is -0.369 e. The van der Waals surface area contributed by atoms with Crippen LogP contribution >= 0.6 is 0 Å². The van der Waals surface area contributed by atoms with Gasteiger partial charge in [0.1, 0.15) is 0 Å². The fourth-order valence-corrected chi connectivity index (χ4v) is 1.07. The Labute approximate surface area is 69.8 Å². The summed E-state index contributed by atoms with van der Waals surface area (Å²) in [6.07, 6.45) is 0.536. The van der Waals surface area contributed by atoms with Crippen LogP contribution in [0.3, 0.4) is 0 Å². The van der Waals surface area contributed by atoms with E-state index in [0.717, 1.165) is 0 Å². The van der Waals surface area contributed by atoms with Crippen molar-refractivity contribution in [2.75, 3.05) is 12.3 Å². The normalized spacial score (nSPS) is 10.2. The van der Waals surface area contributed by atoms with Gasteiger partial charge in [0.05, 0.1) is 0 Å². The molecule has 0 saturated carbocycles. The largest absolute Gasteiger partial charge is 0.369 e. The summed E-state index contributed by atoms with van der Waals surface area (Å²) >= 11 is 0. The van der Waals surface area contributed by atoms with Crippen LogP contribution < -0.4 is 17.0 Å². The number of nitrogen functional groups attached to an aromatic ring is 1. The number of H-pyrrole nitrogens is 1. The molecule has 1 aromatic heterocycles. The van der Waals surface area contributed by atoms with E-state index in [1.807, 2.05) is 0 Å². The number of nitrogens with zero attached hydrogens (tertiary/aromatic N) is 1. The molecular formula is C7H12N4O.